The number of likely N-dealkylation sites (tertiary alicyclic amines) is 1. The van der Waals surface area contributed by atoms with Gasteiger partial charge in [-0.2, -0.15) is 11.3 Å². The van der Waals surface area contributed by atoms with Gasteiger partial charge in [-0.3, -0.25) is 4.79 Å². The minimum absolute atomic E-state index is 0.248. The molecule has 0 unspecified atom stereocenters. The number of aromatic nitrogens is 2. The molecule has 4 nitrogen and oxygen atoms in total. The van der Waals surface area contributed by atoms with Gasteiger partial charge in [0.05, 0.1) is 23.8 Å². The second-order valence-electron chi connectivity index (χ2n) is 6.56. The standard InChI is InChI=1S/C19H21N3OS/c1-14-2-3-17-18(10-14)22(13-20-17)16-4-7-21(8-5-16)19(23)11-15-6-9-24-12-15/h2-3,6,9-10,12-13,16H,4-5,7-8,11H2,1H3. The average Bonchev–Trinajstić information content (AvgIpc) is 3.24. The molecule has 1 fully saturated rings. The molecule has 2 aromatic heterocycles. The first-order chi connectivity index (χ1) is 11.7. The number of amides is 1. The zero-order chi connectivity index (χ0) is 16.5. The molecule has 0 N–H and O–H groups in total. The first-order valence-electron chi connectivity index (χ1n) is 8.43. The first-order valence-corrected chi connectivity index (χ1v) is 9.37. The zero-order valence-corrected chi connectivity index (χ0v) is 14.6. The van der Waals surface area contributed by atoms with Gasteiger partial charge in [-0.1, -0.05) is 6.07 Å². The molecule has 0 radical (unpaired) electrons. The predicted molar refractivity (Wildman–Crippen MR) is 97.3 cm³/mol. The quantitative estimate of drug-likeness (QED) is 0.728. The van der Waals surface area contributed by atoms with Crippen molar-refractivity contribution in [3.8, 4) is 0 Å². The van der Waals surface area contributed by atoms with Crippen LogP contribution in [0, 0.1) is 6.92 Å². The van der Waals surface area contributed by atoms with Crippen molar-refractivity contribution in [3.63, 3.8) is 0 Å². The van der Waals surface area contributed by atoms with Crippen LogP contribution in [0.15, 0.2) is 41.4 Å². The molecule has 1 saturated heterocycles. The molecule has 5 heteroatoms. The first kappa shape index (κ1) is 15.4. The number of benzene rings is 1. The number of piperidine rings is 1. The number of carbonyl (C=O) groups excluding carboxylic acids is 1. The zero-order valence-electron chi connectivity index (χ0n) is 13.8. The lowest BCUT2D eigenvalue weighted by atomic mass is 10.0. The number of imidazole rings is 1. The van der Waals surface area contributed by atoms with Crippen LogP contribution in [0.4, 0.5) is 0 Å². The second-order valence-corrected chi connectivity index (χ2v) is 7.34. The van der Waals surface area contributed by atoms with Crippen molar-refractivity contribution >= 4 is 28.3 Å². The molecule has 0 atom stereocenters. The highest BCUT2D eigenvalue weighted by atomic mass is 32.1. The van der Waals surface area contributed by atoms with E-state index in [9.17, 15) is 4.79 Å². The number of carbonyl (C=O) groups is 1. The number of aryl methyl sites for hydroxylation is 1. The second kappa shape index (κ2) is 6.40. The molecule has 3 aromatic rings. The van der Waals surface area contributed by atoms with Crippen molar-refractivity contribution in [2.24, 2.45) is 0 Å². The molecule has 0 saturated carbocycles. The third kappa shape index (κ3) is 2.96. The van der Waals surface area contributed by atoms with Gasteiger partial charge < -0.3 is 9.47 Å². The van der Waals surface area contributed by atoms with Crippen LogP contribution in [0.5, 0.6) is 0 Å². The summed E-state index contributed by atoms with van der Waals surface area (Å²) in [7, 11) is 0. The number of hydrogen-bond donors (Lipinski definition) is 0. The van der Waals surface area contributed by atoms with E-state index in [1.54, 1.807) is 11.3 Å². The number of hydrogen-bond acceptors (Lipinski definition) is 3. The Labute approximate surface area is 145 Å². The van der Waals surface area contributed by atoms with Crippen molar-refractivity contribution in [2.45, 2.75) is 32.2 Å². The summed E-state index contributed by atoms with van der Waals surface area (Å²) in [5.41, 5.74) is 4.64. The Morgan fingerprint density at radius 3 is 2.88 bits per heavy atom. The van der Waals surface area contributed by atoms with Gasteiger partial charge in [0.1, 0.15) is 0 Å². The molecular formula is C19H21N3OS. The van der Waals surface area contributed by atoms with Crippen molar-refractivity contribution in [1.29, 1.82) is 0 Å². The Balaban J connectivity index is 1.43. The maximum atomic E-state index is 12.4. The molecule has 0 aliphatic carbocycles. The van der Waals surface area contributed by atoms with Crippen LogP contribution in [0.3, 0.4) is 0 Å². The lowest BCUT2D eigenvalue weighted by Crippen LogP contribution is -2.39. The lowest BCUT2D eigenvalue weighted by molar-refractivity contribution is -0.131. The Morgan fingerprint density at radius 1 is 1.29 bits per heavy atom. The molecule has 4 rings (SSSR count). The summed E-state index contributed by atoms with van der Waals surface area (Å²) in [6.45, 7) is 3.78. The van der Waals surface area contributed by atoms with E-state index in [2.05, 4.69) is 40.1 Å². The summed E-state index contributed by atoms with van der Waals surface area (Å²) in [6.07, 6.45) is 4.47. The number of fused-ring (bicyclic) bond motifs is 1. The van der Waals surface area contributed by atoms with Crippen LogP contribution in [0.25, 0.3) is 11.0 Å². The largest absolute Gasteiger partial charge is 0.342 e. The van der Waals surface area contributed by atoms with Gasteiger partial charge in [-0.25, -0.2) is 4.98 Å². The minimum atomic E-state index is 0.248. The third-order valence-corrected chi connectivity index (χ3v) is 5.61. The Hall–Kier alpha value is -2.14. The van der Waals surface area contributed by atoms with E-state index in [1.807, 2.05) is 22.7 Å². The van der Waals surface area contributed by atoms with Crippen molar-refractivity contribution in [3.05, 3.63) is 52.5 Å². The van der Waals surface area contributed by atoms with Crippen molar-refractivity contribution in [2.75, 3.05) is 13.1 Å². The van der Waals surface area contributed by atoms with E-state index in [0.29, 0.717) is 12.5 Å². The van der Waals surface area contributed by atoms with Crippen LogP contribution >= 0.6 is 11.3 Å². The Bertz CT molecular complexity index is 845. The maximum Gasteiger partial charge on any atom is 0.227 e. The third-order valence-electron chi connectivity index (χ3n) is 4.88. The normalized spacial score (nSPS) is 16.0. The van der Waals surface area contributed by atoms with Gasteiger partial charge in [-0.15, -0.1) is 0 Å². The van der Waals surface area contributed by atoms with Crippen LogP contribution in [0.1, 0.15) is 30.0 Å². The van der Waals surface area contributed by atoms with E-state index >= 15 is 0 Å². The molecule has 1 aliphatic rings. The summed E-state index contributed by atoms with van der Waals surface area (Å²) in [5, 5.41) is 4.09. The minimum Gasteiger partial charge on any atom is -0.342 e. The van der Waals surface area contributed by atoms with Crippen LogP contribution in [-0.2, 0) is 11.2 Å². The van der Waals surface area contributed by atoms with Crippen LogP contribution in [0.2, 0.25) is 0 Å². The predicted octanol–water partition coefficient (Wildman–Crippen LogP) is 3.81. The molecule has 0 spiro atoms. The van der Waals surface area contributed by atoms with Crippen molar-refractivity contribution in [1.82, 2.24) is 14.5 Å². The van der Waals surface area contributed by atoms with Crippen molar-refractivity contribution < 1.29 is 4.79 Å². The summed E-state index contributed by atoms with van der Waals surface area (Å²) < 4.78 is 2.29. The van der Waals surface area contributed by atoms with Gasteiger partial charge in [0.2, 0.25) is 5.91 Å². The number of rotatable bonds is 3. The highest BCUT2D eigenvalue weighted by Gasteiger charge is 2.24. The van der Waals surface area contributed by atoms with E-state index < -0.39 is 0 Å². The number of nitrogens with zero attached hydrogens (tertiary/aromatic N) is 3. The Morgan fingerprint density at radius 2 is 2.12 bits per heavy atom. The van der Waals surface area contributed by atoms with E-state index in [0.717, 1.165) is 37.0 Å². The molecule has 1 aliphatic heterocycles. The topological polar surface area (TPSA) is 38.1 Å². The molecule has 124 valence electrons. The van der Waals surface area contributed by atoms with Gasteiger partial charge in [0.15, 0.2) is 0 Å². The molecular weight excluding hydrogens is 318 g/mol. The smallest absolute Gasteiger partial charge is 0.227 e. The summed E-state index contributed by atoms with van der Waals surface area (Å²) >= 11 is 1.65. The van der Waals surface area contributed by atoms with E-state index in [-0.39, 0.29) is 5.91 Å². The molecule has 3 heterocycles. The fourth-order valence-corrected chi connectivity index (χ4v) is 4.17. The molecule has 1 amide bonds. The maximum absolute atomic E-state index is 12.4. The van der Waals surface area contributed by atoms with Gasteiger partial charge >= 0.3 is 0 Å². The highest BCUT2D eigenvalue weighted by Crippen LogP contribution is 2.27. The fraction of sp³-hybridized carbons (Fsp3) is 0.368. The Kier molecular flexibility index (Phi) is 4.10. The highest BCUT2D eigenvalue weighted by molar-refractivity contribution is 7.08. The SMILES string of the molecule is Cc1ccc2ncn(C3CCN(C(=O)Cc4ccsc4)CC3)c2c1. The van der Waals surface area contributed by atoms with Crippen LogP contribution < -0.4 is 0 Å². The molecule has 1 aromatic carbocycles. The van der Waals surface area contributed by atoms with Crippen LogP contribution in [-0.4, -0.2) is 33.4 Å². The van der Waals surface area contributed by atoms with Gasteiger partial charge in [0, 0.05) is 19.1 Å². The van der Waals surface area contributed by atoms with Gasteiger partial charge in [-0.05, 0) is 59.9 Å². The van der Waals surface area contributed by atoms with E-state index in [4.69, 9.17) is 0 Å². The lowest BCUT2D eigenvalue weighted by Gasteiger charge is -2.33. The molecule has 24 heavy (non-hydrogen) atoms. The number of thiophene rings is 1. The fourth-order valence-electron chi connectivity index (χ4n) is 3.50. The summed E-state index contributed by atoms with van der Waals surface area (Å²) in [4.78, 5) is 19.0. The molecule has 0 bridgehead atoms. The monoisotopic (exact) mass is 339 g/mol. The average molecular weight is 339 g/mol. The summed E-state index contributed by atoms with van der Waals surface area (Å²) in [6, 6.07) is 8.86. The van der Waals surface area contributed by atoms with E-state index in [1.165, 1.54) is 11.1 Å². The summed E-state index contributed by atoms with van der Waals surface area (Å²) in [5.74, 6) is 0.248. The van der Waals surface area contributed by atoms with Gasteiger partial charge in [0.25, 0.3) is 0 Å².